The number of benzene rings is 2. The topological polar surface area (TPSA) is 92.0 Å². The maximum absolute atomic E-state index is 12.6. The number of aliphatic hydroxyl groups is 1. The molecule has 1 amide bonds. The SMILES string of the molecule is Cc1cc(C#N)ccc1N1CCN(Cc2cc(CO)c3c(c2)NC(=O)C2CCCN=C32)CC1. The van der Waals surface area contributed by atoms with Crippen LogP contribution in [0, 0.1) is 24.2 Å². The molecule has 7 nitrogen and oxygen atoms in total. The van der Waals surface area contributed by atoms with Gasteiger partial charge in [-0.15, -0.1) is 0 Å². The zero-order valence-electron chi connectivity index (χ0n) is 19.0. The Balaban J connectivity index is 1.31. The minimum Gasteiger partial charge on any atom is -0.392 e. The van der Waals surface area contributed by atoms with Gasteiger partial charge in [0.2, 0.25) is 5.91 Å². The van der Waals surface area contributed by atoms with E-state index in [1.165, 1.54) is 5.69 Å². The molecule has 2 aromatic rings. The van der Waals surface area contributed by atoms with Crippen molar-refractivity contribution >= 4 is 23.0 Å². The van der Waals surface area contributed by atoms with Crippen LogP contribution in [-0.2, 0) is 17.9 Å². The van der Waals surface area contributed by atoms with Crippen LogP contribution < -0.4 is 10.2 Å². The summed E-state index contributed by atoms with van der Waals surface area (Å²) in [4.78, 5) is 22.1. The molecule has 0 aromatic heterocycles. The van der Waals surface area contributed by atoms with Crippen molar-refractivity contribution in [1.29, 1.82) is 5.26 Å². The van der Waals surface area contributed by atoms with Gasteiger partial charge < -0.3 is 15.3 Å². The number of nitrogens with one attached hydrogen (secondary N) is 1. The molecule has 5 rings (SSSR count). The Hall–Kier alpha value is -3.21. The van der Waals surface area contributed by atoms with E-state index in [0.29, 0.717) is 5.56 Å². The molecule has 2 N–H and O–H groups in total. The molecule has 0 bridgehead atoms. The predicted molar refractivity (Wildman–Crippen MR) is 129 cm³/mol. The van der Waals surface area contributed by atoms with E-state index in [2.05, 4.69) is 45.2 Å². The van der Waals surface area contributed by atoms with Crippen LogP contribution in [0.3, 0.4) is 0 Å². The number of nitrogens with zero attached hydrogens (tertiary/aromatic N) is 4. The Kier molecular flexibility index (Phi) is 5.88. The molecule has 3 heterocycles. The van der Waals surface area contributed by atoms with Crippen molar-refractivity contribution in [2.75, 3.05) is 42.9 Å². The van der Waals surface area contributed by atoms with Gasteiger partial charge in [-0.1, -0.05) is 6.07 Å². The number of aliphatic hydroxyl groups excluding tert-OH is 1. The number of carbonyl (C=O) groups is 1. The molecule has 3 aliphatic heterocycles. The fraction of sp³-hybridized carbons (Fsp3) is 0.423. The summed E-state index contributed by atoms with van der Waals surface area (Å²) in [6.07, 6.45) is 1.75. The summed E-state index contributed by atoms with van der Waals surface area (Å²) in [6, 6.07) is 12.2. The van der Waals surface area contributed by atoms with Crippen molar-refractivity contribution in [3.8, 4) is 6.07 Å². The van der Waals surface area contributed by atoms with Crippen LogP contribution in [0.25, 0.3) is 0 Å². The third-order valence-corrected chi connectivity index (χ3v) is 6.99. The monoisotopic (exact) mass is 443 g/mol. The minimum absolute atomic E-state index is 0.0217. The first-order valence-electron chi connectivity index (χ1n) is 11.7. The van der Waals surface area contributed by atoms with Crippen LogP contribution in [0.1, 0.15) is 40.7 Å². The molecule has 0 aliphatic carbocycles. The fourth-order valence-electron chi connectivity index (χ4n) is 5.34. The first-order chi connectivity index (χ1) is 16.1. The normalized spacial score (nSPS) is 20.4. The van der Waals surface area contributed by atoms with Gasteiger partial charge in [-0.2, -0.15) is 5.26 Å². The zero-order valence-corrected chi connectivity index (χ0v) is 19.0. The smallest absolute Gasteiger partial charge is 0.233 e. The van der Waals surface area contributed by atoms with E-state index >= 15 is 0 Å². The number of amides is 1. The van der Waals surface area contributed by atoms with E-state index in [4.69, 9.17) is 5.26 Å². The van der Waals surface area contributed by atoms with Crippen molar-refractivity contribution in [2.24, 2.45) is 10.9 Å². The van der Waals surface area contributed by atoms with E-state index in [0.717, 1.165) is 85.8 Å². The molecule has 0 spiro atoms. The van der Waals surface area contributed by atoms with Crippen LogP contribution in [-0.4, -0.2) is 54.3 Å². The lowest BCUT2D eigenvalue weighted by Crippen LogP contribution is -2.46. The molecule has 1 unspecified atom stereocenters. The van der Waals surface area contributed by atoms with E-state index in [9.17, 15) is 9.90 Å². The lowest BCUT2D eigenvalue weighted by atomic mass is 9.83. The first-order valence-corrected chi connectivity index (χ1v) is 11.7. The van der Waals surface area contributed by atoms with Gasteiger partial charge in [-0.3, -0.25) is 14.7 Å². The lowest BCUT2D eigenvalue weighted by molar-refractivity contribution is -0.118. The molecule has 0 radical (unpaired) electrons. The van der Waals surface area contributed by atoms with Gasteiger partial charge in [-0.05, 0) is 60.7 Å². The van der Waals surface area contributed by atoms with Gasteiger partial charge in [0.25, 0.3) is 0 Å². The first kappa shape index (κ1) is 21.6. The number of hydrogen-bond acceptors (Lipinski definition) is 6. The van der Waals surface area contributed by atoms with Gasteiger partial charge in [-0.25, -0.2) is 0 Å². The molecular formula is C26H29N5O2. The van der Waals surface area contributed by atoms with E-state index in [-0.39, 0.29) is 18.4 Å². The number of aliphatic imine (C=N–C) groups is 1. The van der Waals surface area contributed by atoms with Gasteiger partial charge in [0.15, 0.2) is 0 Å². The largest absolute Gasteiger partial charge is 0.392 e. The molecule has 7 heteroatoms. The maximum Gasteiger partial charge on any atom is 0.233 e. The second-order valence-corrected chi connectivity index (χ2v) is 9.16. The number of piperazine rings is 1. The highest BCUT2D eigenvalue weighted by molar-refractivity contribution is 6.23. The molecule has 33 heavy (non-hydrogen) atoms. The summed E-state index contributed by atoms with van der Waals surface area (Å²) in [5.41, 5.74) is 7.51. The molecule has 1 saturated heterocycles. The summed E-state index contributed by atoms with van der Waals surface area (Å²) in [5.74, 6) is -0.172. The number of rotatable bonds is 4. The average Bonchev–Trinajstić information content (AvgIpc) is 2.84. The number of hydrogen-bond donors (Lipinski definition) is 2. The number of aryl methyl sites for hydroxylation is 1. The van der Waals surface area contributed by atoms with Crippen molar-refractivity contribution in [3.63, 3.8) is 0 Å². The van der Waals surface area contributed by atoms with Crippen LogP contribution in [0.4, 0.5) is 11.4 Å². The van der Waals surface area contributed by atoms with E-state index in [1.807, 2.05) is 18.2 Å². The van der Waals surface area contributed by atoms with Crippen LogP contribution in [0.5, 0.6) is 0 Å². The summed E-state index contributed by atoms with van der Waals surface area (Å²) < 4.78 is 0. The summed E-state index contributed by atoms with van der Waals surface area (Å²) in [5, 5.41) is 22.3. The Labute approximate surface area is 194 Å². The van der Waals surface area contributed by atoms with Crippen LogP contribution in [0.2, 0.25) is 0 Å². The average molecular weight is 444 g/mol. The Morgan fingerprint density at radius 1 is 1.21 bits per heavy atom. The van der Waals surface area contributed by atoms with Gasteiger partial charge in [0, 0.05) is 50.5 Å². The Morgan fingerprint density at radius 3 is 2.76 bits per heavy atom. The fourth-order valence-corrected chi connectivity index (χ4v) is 5.34. The second-order valence-electron chi connectivity index (χ2n) is 9.16. The highest BCUT2D eigenvalue weighted by Crippen LogP contribution is 2.35. The summed E-state index contributed by atoms with van der Waals surface area (Å²) in [7, 11) is 0. The predicted octanol–water partition coefficient (Wildman–Crippen LogP) is 2.83. The van der Waals surface area contributed by atoms with Gasteiger partial charge >= 0.3 is 0 Å². The summed E-state index contributed by atoms with van der Waals surface area (Å²) in [6.45, 7) is 7.18. The number of fused-ring (bicyclic) bond motifs is 3. The Bertz CT molecular complexity index is 1160. The minimum atomic E-state index is -0.193. The summed E-state index contributed by atoms with van der Waals surface area (Å²) >= 11 is 0. The molecule has 3 aliphatic rings. The maximum atomic E-state index is 12.6. The Morgan fingerprint density at radius 2 is 2.03 bits per heavy atom. The third-order valence-electron chi connectivity index (χ3n) is 6.99. The highest BCUT2D eigenvalue weighted by atomic mass is 16.3. The molecule has 1 fully saturated rings. The van der Waals surface area contributed by atoms with Gasteiger partial charge in [0.05, 0.1) is 35.6 Å². The van der Waals surface area contributed by atoms with E-state index < -0.39 is 0 Å². The van der Waals surface area contributed by atoms with Gasteiger partial charge in [0.1, 0.15) is 0 Å². The number of nitriles is 1. The van der Waals surface area contributed by atoms with Crippen molar-refractivity contribution < 1.29 is 9.90 Å². The molecule has 170 valence electrons. The number of carbonyl (C=O) groups excluding carboxylic acids is 1. The molecule has 0 saturated carbocycles. The van der Waals surface area contributed by atoms with Crippen LogP contribution in [0.15, 0.2) is 35.3 Å². The molecule has 2 aromatic carbocycles. The molecule has 1 atom stereocenters. The molecular weight excluding hydrogens is 414 g/mol. The van der Waals surface area contributed by atoms with Crippen molar-refractivity contribution in [1.82, 2.24) is 4.90 Å². The standard InChI is InChI=1S/C26H29N5O2/c1-17-11-18(14-27)4-5-23(17)31-9-7-30(8-10-31)15-19-12-20(16-32)24-22(13-19)29-26(33)21-3-2-6-28-25(21)24/h4-5,11-13,21,32H,2-3,6-10,15-16H2,1H3,(H,29,33). The highest BCUT2D eigenvalue weighted by Gasteiger charge is 2.35. The third kappa shape index (κ3) is 4.12. The van der Waals surface area contributed by atoms with Crippen LogP contribution >= 0.6 is 0 Å². The van der Waals surface area contributed by atoms with Crippen molar-refractivity contribution in [3.05, 3.63) is 58.1 Å². The van der Waals surface area contributed by atoms with Crippen molar-refractivity contribution in [2.45, 2.75) is 32.9 Å². The number of anilines is 2. The quantitative estimate of drug-likeness (QED) is 0.758. The zero-order chi connectivity index (χ0) is 22.9. The second kappa shape index (κ2) is 8.97. The van der Waals surface area contributed by atoms with E-state index in [1.54, 1.807) is 0 Å². The lowest BCUT2D eigenvalue weighted by Gasteiger charge is -2.37.